The number of benzene rings is 1. The molecule has 0 aliphatic heterocycles. The van der Waals surface area contributed by atoms with Crippen molar-refractivity contribution < 1.29 is 4.39 Å². The molecule has 0 saturated carbocycles. The van der Waals surface area contributed by atoms with Gasteiger partial charge in [0.25, 0.3) is 0 Å². The number of halogens is 2. The van der Waals surface area contributed by atoms with E-state index in [1.807, 2.05) is 13.0 Å². The van der Waals surface area contributed by atoms with Gasteiger partial charge in [-0.2, -0.15) is 0 Å². The van der Waals surface area contributed by atoms with Crippen LogP contribution in [-0.2, 0) is 5.41 Å². The van der Waals surface area contributed by atoms with Gasteiger partial charge in [0.2, 0.25) is 0 Å². The quantitative estimate of drug-likeness (QED) is 0.858. The van der Waals surface area contributed by atoms with Gasteiger partial charge in [0.05, 0.1) is 0 Å². The molecule has 0 aliphatic rings. The minimum atomic E-state index is -0.387. The minimum Gasteiger partial charge on any atom is -0.370 e. The molecule has 0 unspecified atom stereocenters. The van der Waals surface area contributed by atoms with Crippen molar-refractivity contribution in [3.8, 4) is 0 Å². The Balaban J connectivity index is 2.76. The van der Waals surface area contributed by atoms with Crippen LogP contribution in [0.2, 0.25) is 5.02 Å². The van der Waals surface area contributed by atoms with Gasteiger partial charge in [-0.15, -0.1) is 0 Å². The molecular formula is C15H18ClFN2. The molecule has 0 bridgehead atoms. The number of fused-ring (bicyclic) bond motifs is 1. The molecule has 1 heterocycles. The zero-order valence-electron chi connectivity index (χ0n) is 11.6. The molecule has 1 N–H and O–H groups in total. The zero-order valence-corrected chi connectivity index (χ0v) is 12.4. The molecule has 1 aromatic carbocycles. The molecule has 2 rings (SSSR count). The Morgan fingerprint density at radius 3 is 2.53 bits per heavy atom. The highest BCUT2D eigenvalue weighted by Crippen LogP contribution is 2.33. The Kier molecular flexibility index (Phi) is 3.68. The van der Waals surface area contributed by atoms with Gasteiger partial charge in [-0.05, 0) is 30.5 Å². The summed E-state index contributed by atoms with van der Waals surface area (Å²) in [4.78, 5) is 4.43. The van der Waals surface area contributed by atoms with Crippen LogP contribution in [0.25, 0.3) is 10.9 Å². The van der Waals surface area contributed by atoms with Gasteiger partial charge in [0, 0.05) is 22.5 Å². The fourth-order valence-corrected chi connectivity index (χ4v) is 2.30. The number of aromatic nitrogens is 1. The predicted molar refractivity (Wildman–Crippen MR) is 79.6 cm³/mol. The van der Waals surface area contributed by atoms with Gasteiger partial charge in [-0.1, -0.05) is 32.4 Å². The smallest absolute Gasteiger partial charge is 0.150 e. The maximum Gasteiger partial charge on any atom is 0.150 e. The summed E-state index contributed by atoms with van der Waals surface area (Å²) in [5.74, 6) is 0.353. The van der Waals surface area contributed by atoms with E-state index in [1.54, 1.807) is 6.07 Å². The van der Waals surface area contributed by atoms with Crippen LogP contribution in [0, 0.1) is 5.82 Å². The molecule has 1 aromatic heterocycles. The Labute approximate surface area is 118 Å². The van der Waals surface area contributed by atoms with E-state index in [4.69, 9.17) is 11.6 Å². The second-order valence-corrected chi connectivity index (χ2v) is 6.06. The Bertz CT molecular complexity index is 618. The molecule has 0 radical (unpaired) electrons. The second-order valence-electron chi connectivity index (χ2n) is 5.62. The number of rotatable bonds is 2. The lowest BCUT2D eigenvalue weighted by Gasteiger charge is -2.23. The summed E-state index contributed by atoms with van der Waals surface area (Å²) >= 11 is 5.91. The highest BCUT2D eigenvalue weighted by atomic mass is 35.5. The van der Waals surface area contributed by atoms with Crippen LogP contribution in [-0.4, -0.2) is 11.5 Å². The molecule has 102 valence electrons. The van der Waals surface area contributed by atoms with Gasteiger partial charge in [0.1, 0.15) is 11.3 Å². The fraction of sp³-hybridized carbons (Fsp3) is 0.400. The first-order chi connectivity index (χ1) is 8.82. The van der Waals surface area contributed by atoms with Crippen LogP contribution in [0.15, 0.2) is 18.2 Å². The van der Waals surface area contributed by atoms with E-state index in [9.17, 15) is 4.39 Å². The summed E-state index contributed by atoms with van der Waals surface area (Å²) in [5.41, 5.74) is 1.34. The first-order valence-corrected chi connectivity index (χ1v) is 6.75. The minimum absolute atomic E-state index is 0.0719. The Morgan fingerprint density at radius 1 is 1.26 bits per heavy atom. The molecule has 0 fully saturated rings. The lowest BCUT2D eigenvalue weighted by atomic mass is 9.86. The van der Waals surface area contributed by atoms with Gasteiger partial charge < -0.3 is 5.32 Å². The summed E-state index contributed by atoms with van der Waals surface area (Å²) < 4.78 is 13.9. The SMILES string of the molecule is CCNc1nc2c(F)cc(Cl)cc2cc1C(C)(C)C. The maximum absolute atomic E-state index is 13.9. The Hall–Kier alpha value is -1.35. The number of anilines is 1. The molecule has 0 aliphatic carbocycles. The number of nitrogens with one attached hydrogen (secondary N) is 1. The van der Waals surface area contributed by atoms with E-state index in [0.29, 0.717) is 10.5 Å². The van der Waals surface area contributed by atoms with Crippen molar-refractivity contribution in [2.45, 2.75) is 33.1 Å². The normalized spacial score (nSPS) is 11.9. The van der Waals surface area contributed by atoms with Crippen molar-refractivity contribution in [2.24, 2.45) is 0 Å². The van der Waals surface area contributed by atoms with Gasteiger partial charge in [0.15, 0.2) is 5.82 Å². The van der Waals surface area contributed by atoms with Crippen molar-refractivity contribution >= 4 is 28.3 Å². The largest absolute Gasteiger partial charge is 0.370 e. The summed E-state index contributed by atoms with van der Waals surface area (Å²) in [7, 11) is 0. The molecule has 0 spiro atoms. The molecular weight excluding hydrogens is 263 g/mol. The number of hydrogen-bond donors (Lipinski definition) is 1. The van der Waals surface area contributed by atoms with Crippen LogP contribution >= 0.6 is 11.6 Å². The predicted octanol–water partition coefficient (Wildman–Crippen LogP) is 4.76. The first-order valence-electron chi connectivity index (χ1n) is 6.37. The lowest BCUT2D eigenvalue weighted by Crippen LogP contribution is -2.16. The van der Waals surface area contributed by atoms with Crippen LogP contribution in [0.1, 0.15) is 33.3 Å². The average Bonchev–Trinajstić information content (AvgIpc) is 2.28. The summed E-state index contributed by atoms with van der Waals surface area (Å²) in [6.07, 6.45) is 0. The summed E-state index contributed by atoms with van der Waals surface area (Å²) in [6, 6.07) is 5.01. The Morgan fingerprint density at radius 2 is 1.95 bits per heavy atom. The summed E-state index contributed by atoms with van der Waals surface area (Å²) in [6.45, 7) is 9.07. The molecule has 2 aromatic rings. The van der Waals surface area contributed by atoms with Crippen molar-refractivity contribution in [1.29, 1.82) is 0 Å². The van der Waals surface area contributed by atoms with Gasteiger partial charge >= 0.3 is 0 Å². The number of pyridine rings is 1. The third-order valence-electron chi connectivity index (χ3n) is 2.99. The highest BCUT2D eigenvalue weighted by Gasteiger charge is 2.20. The van der Waals surface area contributed by atoms with Crippen LogP contribution in [0.5, 0.6) is 0 Å². The number of nitrogens with zero attached hydrogens (tertiary/aromatic N) is 1. The molecule has 4 heteroatoms. The third kappa shape index (κ3) is 2.81. The third-order valence-corrected chi connectivity index (χ3v) is 3.21. The van der Waals surface area contributed by atoms with E-state index in [0.717, 1.165) is 23.3 Å². The van der Waals surface area contributed by atoms with E-state index < -0.39 is 0 Å². The molecule has 0 atom stereocenters. The first kappa shape index (κ1) is 14.1. The van der Waals surface area contributed by atoms with Crippen LogP contribution in [0.4, 0.5) is 10.2 Å². The molecule has 2 nitrogen and oxygen atoms in total. The van der Waals surface area contributed by atoms with Crippen LogP contribution in [0.3, 0.4) is 0 Å². The van der Waals surface area contributed by atoms with Crippen LogP contribution < -0.4 is 5.32 Å². The molecule has 0 saturated heterocycles. The summed E-state index contributed by atoms with van der Waals surface area (Å²) in [5, 5.41) is 4.33. The lowest BCUT2D eigenvalue weighted by molar-refractivity contribution is 0.589. The standard InChI is InChI=1S/C15H18ClFN2/c1-5-18-14-11(15(2,3)4)7-9-6-10(16)8-12(17)13(9)19-14/h6-8H,5H2,1-4H3,(H,18,19). The van der Waals surface area contributed by atoms with Crippen molar-refractivity contribution in [1.82, 2.24) is 4.98 Å². The maximum atomic E-state index is 13.9. The second kappa shape index (κ2) is 4.97. The molecule has 19 heavy (non-hydrogen) atoms. The van der Waals surface area contributed by atoms with Gasteiger partial charge in [-0.25, -0.2) is 9.37 Å². The fourth-order valence-electron chi connectivity index (χ4n) is 2.08. The monoisotopic (exact) mass is 280 g/mol. The van der Waals surface area contributed by atoms with Crippen molar-refractivity contribution in [3.05, 3.63) is 34.6 Å². The van der Waals surface area contributed by atoms with Gasteiger partial charge in [-0.3, -0.25) is 0 Å². The molecule has 0 amide bonds. The topological polar surface area (TPSA) is 24.9 Å². The zero-order chi connectivity index (χ0) is 14.2. The average molecular weight is 281 g/mol. The van der Waals surface area contributed by atoms with Crippen molar-refractivity contribution in [3.63, 3.8) is 0 Å². The highest BCUT2D eigenvalue weighted by molar-refractivity contribution is 6.31. The van der Waals surface area contributed by atoms with Crippen molar-refractivity contribution in [2.75, 3.05) is 11.9 Å². The van der Waals surface area contributed by atoms with E-state index >= 15 is 0 Å². The number of hydrogen-bond acceptors (Lipinski definition) is 2. The van der Waals surface area contributed by atoms with E-state index in [1.165, 1.54) is 6.07 Å². The van der Waals surface area contributed by atoms with E-state index in [2.05, 4.69) is 31.1 Å². The van der Waals surface area contributed by atoms with E-state index in [-0.39, 0.29) is 11.2 Å².